The van der Waals surface area contributed by atoms with Crippen molar-refractivity contribution in [2.45, 2.75) is 37.9 Å². The average Bonchev–Trinajstić information content (AvgIpc) is 2.44. The van der Waals surface area contributed by atoms with Crippen LogP contribution in [0.2, 0.25) is 0 Å². The molecule has 0 bridgehead atoms. The van der Waals surface area contributed by atoms with Crippen LogP contribution in [0.25, 0.3) is 0 Å². The maximum absolute atomic E-state index is 12.6. The van der Waals surface area contributed by atoms with Crippen LogP contribution in [-0.2, 0) is 6.54 Å². The molecular formula is C14H17F5N2O. The lowest BCUT2D eigenvalue weighted by molar-refractivity contribution is -0.284. The number of nitrogens with one attached hydrogen (secondary N) is 2. The number of halogens is 5. The van der Waals surface area contributed by atoms with E-state index in [9.17, 15) is 26.7 Å². The molecule has 0 spiro atoms. The van der Waals surface area contributed by atoms with Gasteiger partial charge in [-0.2, -0.15) is 22.0 Å². The number of hydrogen-bond donors (Lipinski definition) is 2. The number of alkyl halides is 5. The molecule has 22 heavy (non-hydrogen) atoms. The van der Waals surface area contributed by atoms with Crippen LogP contribution in [0.15, 0.2) is 30.3 Å². The van der Waals surface area contributed by atoms with Crippen molar-refractivity contribution in [2.24, 2.45) is 0 Å². The van der Waals surface area contributed by atoms with Crippen molar-refractivity contribution in [3.05, 3.63) is 35.9 Å². The third-order valence-corrected chi connectivity index (χ3v) is 2.91. The van der Waals surface area contributed by atoms with Gasteiger partial charge in [0.05, 0.1) is 0 Å². The first-order valence-electron chi connectivity index (χ1n) is 6.72. The van der Waals surface area contributed by atoms with Crippen LogP contribution >= 0.6 is 0 Å². The van der Waals surface area contributed by atoms with Crippen molar-refractivity contribution in [2.75, 3.05) is 6.54 Å². The number of carbonyl (C=O) groups excluding carboxylic acids is 1. The molecule has 0 fully saturated rings. The summed E-state index contributed by atoms with van der Waals surface area (Å²) in [5.74, 6) is -4.68. The summed E-state index contributed by atoms with van der Waals surface area (Å²) in [4.78, 5) is 11.4. The third-order valence-electron chi connectivity index (χ3n) is 2.91. The van der Waals surface area contributed by atoms with Crippen LogP contribution in [-0.4, -0.2) is 24.7 Å². The van der Waals surface area contributed by atoms with Crippen molar-refractivity contribution in [1.29, 1.82) is 0 Å². The summed E-state index contributed by atoms with van der Waals surface area (Å²) < 4.78 is 60.9. The first kappa shape index (κ1) is 18.2. The van der Waals surface area contributed by atoms with E-state index in [1.165, 1.54) is 0 Å². The number of rotatable bonds is 7. The zero-order valence-corrected chi connectivity index (χ0v) is 11.7. The van der Waals surface area contributed by atoms with Gasteiger partial charge in [0, 0.05) is 19.5 Å². The normalized spacial score (nSPS) is 12.0. The van der Waals surface area contributed by atoms with E-state index in [1.54, 1.807) is 0 Å². The maximum Gasteiger partial charge on any atom is 0.453 e. The molecule has 2 N–H and O–H groups in total. The molecular weight excluding hydrogens is 307 g/mol. The zero-order chi connectivity index (χ0) is 16.6. The molecule has 1 aromatic carbocycles. The molecule has 124 valence electrons. The highest BCUT2D eigenvalue weighted by molar-refractivity contribution is 5.73. The van der Waals surface area contributed by atoms with E-state index >= 15 is 0 Å². The second-order valence-corrected chi connectivity index (χ2v) is 4.75. The summed E-state index contributed by atoms with van der Waals surface area (Å²) in [6.45, 7) is 0.341. The Morgan fingerprint density at radius 3 is 2.18 bits per heavy atom. The second-order valence-electron chi connectivity index (χ2n) is 4.75. The Labute approximate surface area is 124 Å². The summed E-state index contributed by atoms with van der Waals surface area (Å²) in [6, 6.07) is 8.61. The molecule has 0 heterocycles. The number of unbranched alkanes of at least 4 members (excludes halogenated alkanes) is 1. The lowest BCUT2D eigenvalue weighted by Gasteiger charge is -2.19. The van der Waals surface area contributed by atoms with Gasteiger partial charge in [-0.05, 0) is 18.4 Å². The summed E-state index contributed by atoms with van der Waals surface area (Å²) in [6.07, 6.45) is -7.08. The Balaban J connectivity index is 2.13. The topological polar surface area (TPSA) is 41.1 Å². The van der Waals surface area contributed by atoms with Crippen LogP contribution in [0, 0.1) is 0 Å². The predicted molar refractivity (Wildman–Crippen MR) is 71.5 cm³/mol. The number of urea groups is 1. The first-order valence-corrected chi connectivity index (χ1v) is 6.72. The number of hydrogen-bond acceptors (Lipinski definition) is 1. The quantitative estimate of drug-likeness (QED) is 0.580. The molecule has 1 rings (SSSR count). The number of benzene rings is 1. The van der Waals surface area contributed by atoms with Crippen LogP contribution in [0.1, 0.15) is 24.8 Å². The minimum atomic E-state index is -5.52. The van der Waals surface area contributed by atoms with Gasteiger partial charge in [0.15, 0.2) is 0 Å². The van der Waals surface area contributed by atoms with Crippen molar-refractivity contribution >= 4 is 6.03 Å². The van der Waals surface area contributed by atoms with E-state index in [1.807, 2.05) is 30.3 Å². The van der Waals surface area contributed by atoms with Crippen molar-refractivity contribution in [3.63, 3.8) is 0 Å². The highest BCUT2D eigenvalue weighted by Gasteiger charge is 2.56. The Hall–Kier alpha value is -1.86. The highest BCUT2D eigenvalue weighted by atomic mass is 19.4. The third kappa shape index (κ3) is 6.28. The van der Waals surface area contributed by atoms with Gasteiger partial charge < -0.3 is 10.6 Å². The molecule has 0 aliphatic heterocycles. The highest BCUT2D eigenvalue weighted by Crippen LogP contribution is 2.38. The fraction of sp³-hybridized carbons (Fsp3) is 0.500. The Morgan fingerprint density at radius 2 is 1.59 bits per heavy atom. The van der Waals surface area contributed by atoms with Crippen LogP contribution < -0.4 is 10.6 Å². The maximum atomic E-state index is 12.6. The van der Waals surface area contributed by atoms with Crippen LogP contribution in [0.5, 0.6) is 0 Å². The van der Waals surface area contributed by atoms with Gasteiger partial charge in [-0.3, -0.25) is 0 Å². The molecule has 0 atom stereocenters. The lowest BCUT2D eigenvalue weighted by atomic mass is 10.1. The molecule has 0 saturated heterocycles. The number of carbonyl (C=O) groups is 1. The molecule has 0 unspecified atom stereocenters. The van der Waals surface area contributed by atoms with E-state index in [2.05, 4.69) is 10.6 Å². The van der Waals surface area contributed by atoms with Crippen molar-refractivity contribution in [3.8, 4) is 0 Å². The molecule has 0 aromatic heterocycles. The Morgan fingerprint density at radius 1 is 0.955 bits per heavy atom. The van der Waals surface area contributed by atoms with E-state index in [0.717, 1.165) is 5.56 Å². The minimum absolute atomic E-state index is 0.0363. The van der Waals surface area contributed by atoms with E-state index in [4.69, 9.17) is 0 Å². The van der Waals surface area contributed by atoms with Gasteiger partial charge in [0.1, 0.15) is 0 Å². The molecule has 8 heteroatoms. The zero-order valence-electron chi connectivity index (χ0n) is 11.7. The summed E-state index contributed by atoms with van der Waals surface area (Å²) in [5.41, 5.74) is 0.891. The number of amides is 2. The molecule has 0 aliphatic carbocycles. The monoisotopic (exact) mass is 324 g/mol. The molecule has 0 saturated carbocycles. The molecule has 1 aromatic rings. The van der Waals surface area contributed by atoms with Crippen molar-refractivity contribution < 1.29 is 26.7 Å². The molecule has 2 amide bonds. The standard InChI is InChI=1S/C14H17F5N2O/c15-13(16,14(17,18)19)8-4-5-9-20-12(22)21-10-11-6-2-1-3-7-11/h1-3,6-7H,4-5,8-10H2,(H2,20,21,22). The van der Waals surface area contributed by atoms with Gasteiger partial charge in [-0.15, -0.1) is 0 Å². The summed E-state index contributed by atoms with van der Waals surface area (Å²) >= 11 is 0. The van der Waals surface area contributed by atoms with Gasteiger partial charge in [0.25, 0.3) is 0 Å². The van der Waals surface area contributed by atoms with Gasteiger partial charge in [0.2, 0.25) is 0 Å². The van der Waals surface area contributed by atoms with E-state index < -0.39 is 24.6 Å². The smallest absolute Gasteiger partial charge is 0.338 e. The van der Waals surface area contributed by atoms with Gasteiger partial charge >= 0.3 is 18.1 Å². The largest absolute Gasteiger partial charge is 0.453 e. The Bertz CT molecular complexity index is 462. The summed E-state index contributed by atoms with van der Waals surface area (Å²) in [5, 5.41) is 4.95. The summed E-state index contributed by atoms with van der Waals surface area (Å²) in [7, 11) is 0. The Kier molecular flexibility index (Phi) is 6.58. The SMILES string of the molecule is O=C(NCCCCC(F)(F)C(F)(F)F)NCc1ccccc1. The van der Waals surface area contributed by atoms with Crippen LogP contribution in [0.4, 0.5) is 26.7 Å². The minimum Gasteiger partial charge on any atom is -0.338 e. The average molecular weight is 324 g/mol. The van der Waals surface area contributed by atoms with Crippen molar-refractivity contribution in [1.82, 2.24) is 10.6 Å². The lowest BCUT2D eigenvalue weighted by Crippen LogP contribution is -2.37. The fourth-order valence-electron chi connectivity index (χ4n) is 1.66. The fourth-order valence-corrected chi connectivity index (χ4v) is 1.66. The van der Waals surface area contributed by atoms with E-state index in [0.29, 0.717) is 6.54 Å². The molecule has 0 aliphatic rings. The predicted octanol–water partition coefficient (Wildman–Crippen LogP) is 3.85. The van der Waals surface area contributed by atoms with E-state index in [-0.39, 0.29) is 19.4 Å². The molecule has 0 radical (unpaired) electrons. The molecule has 3 nitrogen and oxygen atoms in total. The van der Waals surface area contributed by atoms with Gasteiger partial charge in [-0.1, -0.05) is 30.3 Å². The first-order chi connectivity index (χ1) is 10.2. The van der Waals surface area contributed by atoms with Gasteiger partial charge in [-0.25, -0.2) is 4.79 Å². The van der Waals surface area contributed by atoms with Crippen LogP contribution in [0.3, 0.4) is 0 Å². The second kappa shape index (κ2) is 7.95.